The van der Waals surface area contributed by atoms with Gasteiger partial charge in [0.1, 0.15) is 0 Å². The quantitative estimate of drug-likeness (QED) is 0.872. The van der Waals surface area contributed by atoms with Gasteiger partial charge in [0.25, 0.3) is 0 Å². The van der Waals surface area contributed by atoms with Crippen LogP contribution in [0.2, 0.25) is 0 Å². The number of anilines is 1. The molecule has 2 rings (SSSR count). The maximum atomic E-state index is 12.8. The van der Waals surface area contributed by atoms with Crippen LogP contribution in [0.4, 0.5) is 5.69 Å². The van der Waals surface area contributed by atoms with E-state index < -0.39 is 10.0 Å². The van der Waals surface area contributed by atoms with Crippen LogP contribution in [0.25, 0.3) is 10.8 Å². The summed E-state index contributed by atoms with van der Waals surface area (Å²) in [5, 5.41) is 1.71. The highest BCUT2D eigenvalue weighted by atomic mass is 32.2. The first-order valence-electron chi connectivity index (χ1n) is 6.94. The molecule has 0 saturated carbocycles. The molecule has 0 aromatic heterocycles. The van der Waals surface area contributed by atoms with Crippen LogP contribution in [-0.2, 0) is 10.0 Å². The van der Waals surface area contributed by atoms with E-state index in [2.05, 4.69) is 0 Å². The number of fused-ring (bicyclic) bond motifs is 1. The van der Waals surface area contributed by atoms with Crippen LogP contribution in [0.5, 0.6) is 0 Å². The number of hydrogen-bond donors (Lipinski definition) is 0. The second-order valence-corrected chi connectivity index (χ2v) is 7.60. The zero-order valence-electron chi connectivity index (χ0n) is 13.2. The van der Waals surface area contributed by atoms with Crippen LogP contribution in [0.1, 0.15) is 13.8 Å². The highest BCUT2D eigenvalue weighted by Crippen LogP contribution is 2.31. The molecule has 4 nitrogen and oxygen atoms in total. The molecule has 21 heavy (non-hydrogen) atoms. The van der Waals surface area contributed by atoms with E-state index in [0.717, 1.165) is 16.5 Å². The molecule has 0 aliphatic carbocycles. The topological polar surface area (TPSA) is 40.6 Å². The fourth-order valence-corrected chi connectivity index (χ4v) is 3.88. The number of benzene rings is 2. The van der Waals surface area contributed by atoms with Gasteiger partial charge < -0.3 is 4.90 Å². The van der Waals surface area contributed by atoms with Crippen molar-refractivity contribution in [1.29, 1.82) is 0 Å². The highest BCUT2D eigenvalue weighted by molar-refractivity contribution is 7.89. The average molecular weight is 306 g/mol. The summed E-state index contributed by atoms with van der Waals surface area (Å²) in [5.74, 6) is 0. The van der Waals surface area contributed by atoms with Crippen molar-refractivity contribution in [2.45, 2.75) is 24.8 Å². The predicted octanol–water partition coefficient (Wildman–Crippen LogP) is 2.93. The number of hydrogen-bond acceptors (Lipinski definition) is 3. The minimum absolute atomic E-state index is 0.0812. The first-order chi connectivity index (χ1) is 9.76. The van der Waals surface area contributed by atoms with Gasteiger partial charge in [0.05, 0.1) is 4.90 Å². The maximum Gasteiger partial charge on any atom is 0.243 e. The highest BCUT2D eigenvalue weighted by Gasteiger charge is 2.25. The van der Waals surface area contributed by atoms with Gasteiger partial charge in [-0.2, -0.15) is 4.31 Å². The molecule has 0 bridgehead atoms. The Morgan fingerprint density at radius 3 is 2.05 bits per heavy atom. The van der Waals surface area contributed by atoms with Gasteiger partial charge in [-0.15, -0.1) is 0 Å². The van der Waals surface area contributed by atoms with Crippen molar-refractivity contribution in [2.75, 3.05) is 26.0 Å². The minimum atomic E-state index is -3.49. The molecule has 2 aromatic rings. The molecule has 0 fully saturated rings. The summed E-state index contributed by atoms with van der Waals surface area (Å²) in [5.41, 5.74) is 1.01. The molecule has 0 N–H and O–H groups in total. The molecule has 0 amide bonds. The van der Waals surface area contributed by atoms with Crippen molar-refractivity contribution in [3.8, 4) is 0 Å². The normalized spacial score (nSPS) is 12.3. The Kier molecular flexibility index (Phi) is 4.25. The Morgan fingerprint density at radius 2 is 1.48 bits per heavy atom. The summed E-state index contributed by atoms with van der Waals surface area (Å²) in [6.07, 6.45) is 0. The van der Waals surface area contributed by atoms with E-state index in [1.54, 1.807) is 19.2 Å². The lowest BCUT2D eigenvalue weighted by molar-refractivity contribution is 0.411. The second kappa shape index (κ2) is 5.66. The molecule has 5 heteroatoms. The summed E-state index contributed by atoms with van der Waals surface area (Å²) in [6, 6.07) is 11.1. The number of rotatable bonds is 4. The van der Waals surface area contributed by atoms with Crippen molar-refractivity contribution >= 4 is 26.5 Å². The van der Waals surface area contributed by atoms with Crippen LogP contribution < -0.4 is 4.90 Å². The Labute approximate surface area is 127 Å². The van der Waals surface area contributed by atoms with Crippen molar-refractivity contribution in [3.63, 3.8) is 0 Å². The zero-order valence-corrected chi connectivity index (χ0v) is 14.0. The van der Waals surface area contributed by atoms with Gasteiger partial charge in [-0.3, -0.25) is 0 Å². The fourth-order valence-electron chi connectivity index (χ4n) is 2.31. The van der Waals surface area contributed by atoms with Crippen LogP contribution in [-0.4, -0.2) is 39.9 Å². The first kappa shape index (κ1) is 15.8. The molecule has 0 aliphatic heterocycles. The molecule has 0 atom stereocenters. The first-order valence-corrected chi connectivity index (χ1v) is 8.38. The lowest BCUT2D eigenvalue weighted by atomic mass is 10.1. The van der Waals surface area contributed by atoms with Gasteiger partial charge in [-0.25, -0.2) is 8.42 Å². The lowest BCUT2D eigenvalue weighted by Crippen LogP contribution is -2.33. The predicted molar refractivity (Wildman–Crippen MR) is 88.4 cm³/mol. The summed E-state index contributed by atoms with van der Waals surface area (Å²) in [4.78, 5) is 2.35. The van der Waals surface area contributed by atoms with E-state index in [4.69, 9.17) is 0 Å². The summed E-state index contributed by atoms with van der Waals surface area (Å²) >= 11 is 0. The van der Waals surface area contributed by atoms with Gasteiger partial charge in [-0.05, 0) is 26.0 Å². The molecule has 0 radical (unpaired) electrons. The smallest absolute Gasteiger partial charge is 0.243 e. The Morgan fingerprint density at radius 1 is 0.905 bits per heavy atom. The van der Waals surface area contributed by atoms with E-state index in [9.17, 15) is 8.42 Å². The van der Waals surface area contributed by atoms with E-state index in [1.165, 1.54) is 4.31 Å². The van der Waals surface area contributed by atoms with Crippen LogP contribution >= 0.6 is 0 Å². The van der Waals surface area contributed by atoms with Gasteiger partial charge in [-0.1, -0.05) is 24.3 Å². The number of sulfonamides is 1. The van der Waals surface area contributed by atoms with Gasteiger partial charge >= 0.3 is 0 Å². The third-order valence-electron chi connectivity index (χ3n) is 3.73. The van der Waals surface area contributed by atoms with Crippen LogP contribution in [0.3, 0.4) is 0 Å². The third-order valence-corrected chi connectivity index (χ3v) is 5.82. The molecule has 114 valence electrons. The molecular formula is C16H22N2O2S. The molecule has 0 aliphatic rings. The van der Waals surface area contributed by atoms with Crippen molar-refractivity contribution in [1.82, 2.24) is 4.31 Å². The van der Waals surface area contributed by atoms with E-state index in [-0.39, 0.29) is 6.04 Å². The molecule has 0 spiro atoms. The standard InChI is InChI=1S/C16H22N2O2S/c1-12(2)18(5)21(19,20)16-11-7-8-13-14(16)9-6-10-15(13)17(3)4/h6-12H,1-5H3. The third kappa shape index (κ3) is 2.76. The Bertz CT molecular complexity index is 752. The van der Waals surface area contributed by atoms with Crippen molar-refractivity contribution < 1.29 is 8.42 Å². The van der Waals surface area contributed by atoms with Crippen LogP contribution in [0, 0.1) is 0 Å². The summed E-state index contributed by atoms with van der Waals surface area (Å²) < 4.78 is 27.0. The largest absolute Gasteiger partial charge is 0.377 e. The molecular weight excluding hydrogens is 284 g/mol. The van der Waals surface area contributed by atoms with Crippen LogP contribution in [0.15, 0.2) is 41.3 Å². The van der Waals surface area contributed by atoms with E-state index in [0.29, 0.717) is 4.90 Å². The summed E-state index contributed by atoms with van der Waals surface area (Å²) in [7, 11) is 2.04. The average Bonchev–Trinajstić information content (AvgIpc) is 2.44. The minimum Gasteiger partial charge on any atom is -0.377 e. The SMILES string of the molecule is CC(C)N(C)S(=O)(=O)c1cccc2c(N(C)C)cccc12. The van der Waals surface area contributed by atoms with Gasteiger partial charge in [0.15, 0.2) is 0 Å². The van der Waals surface area contributed by atoms with Gasteiger partial charge in [0.2, 0.25) is 10.0 Å². The summed E-state index contributed by atoms with van der Waals surface area (Å²) in [6.45, 7) is 3.74. The second-order valence-electron chi connectivity index (χ2n) is 5.64. The van der Waals surface area contributed by atoms with Gasteiger partial charge in [0, 0.05) is 43.6 Å². The lowest BCUT2D eigenvalue weighted by Gasteiger charge is -2.23. The molecule has 2 aromatic carbocycles. The van der Waals surface area contributed by atoms with Crippen molar-refractivity contribution in [3.05, 3.63) is 36.4 Å². The monoisotopic (exact) mass is 306 g/mol. The van der Waals surface area contributed by atoms with E-state index in [1.807, 2.05) is 57.1 Å². The van der Waals surface area contributed by atoms with E-state index >= 15 is 0 Å². The molecule has 0 heterocycles. The Balaban J connectivity index is 2.75. The Hall–Kier alpha value is -1.59. The maximum absolute atomic E-state index is 12.8. The zero-order chi connectivity index (χ0) is 15.8. The fraction of sp³-hybridized carbons (Fsp3) is 0.375. The number of nitrogens with zero attached hydrogens (tertiary/aromatic N) is 2. The molecule has 0 saturated heterocycles. The molecule has 0 unspecified atom stereocenters. The van der Waals surface area contributed by atoms with Crippen molar-refractivity contribution in [2.24, 2.45) is 0 Å².